The lowest BCUT2D eigenvalue weighted by atomic mass is 9.63. The van der Waals surface area contributed by atoms with Gasteiger partial charge in [0.2, 0.25) is 0 Å². The van der Waals surface area contributed by atoms with Gasteiger partial charge in [0.05, 0.1) is 27.9 Å². The van der Waals surface area contributed by atoms with E-state index in [1.807, 2.05) is 0 Å². The Hall–Kier alpha value is -7.10. The molecule has 0 radical (unpaired) electrons. The second kappa shape index (κ2) is 13.2. The summed E-state index contributed by atoms with van der Waals surface area (Å²) < 4.78 is 2.54. The molecule has 12 rings (SSSR count). The topological polar surface area (TPSA) is 30.7 Å². The number of nitrogens with zero attached hydrogens (tertiary/aromatic N) is 3. The molecular weight excluding hydrogens is 739 g/mol. The second-order valence-corrected chi connectivity index (χ2v) is 18.4. The highest BCUT2D eigenvalue weighted by molar-refractivity contribution is 6.22. The lowest BCUT2D eigenvalue weighted by Crippen LogP contribution is -2.33. The summed E-state index contributed by atoms with van der Waals surface area (Å²) in [6.45, 7) is 9.72. The van der Waals surface area contributed by atoms with Crippen LogP contribution in [0.25, 0.3) is 104 Å². The molecule has 2 aromatic heterocycles. The molecule has 0 saturated heterocycles. The molecule has 0 spiro atoms. The van der Waals surface area contributed by atoms with E-state index in [1.165, 1.54) is 67.5 Å². The Morgan fingerprint density at radius 1 is 0.426 bits per heavy atom. The van der Waals surface area contributed by atoms with Crippen LogP contribution in [0.3, 0.4) is 0 Å². The Morgan fingerprint density at radius 3 is 1.87 bits per heavy atom. The van der Waals surface area contributed by atoms with Crippen LogP contribution in [0.5, 0.6) is 0 Å². The summed E-state index contributed by atoms with van der Waals surface area (Å²) in [6, 6.07) is 64.3. The van der Waals surface area contributed by atoms with Crippen molar-refractivity contribution in [3.63, 3.8) is 0 Å². The van der Waals surface area contributed by atoms with Crippen molar-refractivity contribution in [2.75, 3.05) is 0 Å². The van der Waals surface area contributed by atoms with Crippen LogP contribution in [0.1, 0.15) is 51.7 Å². The van der Waals surface area contributed by atoms with Crippen LogP contribution in [0.2, 0.25) is 0 Å². The summed E-state index contributed by atoms with van der Waals surface area (Å²) in [4.78, 5) is 11.0. The Labute approximate surface area is 356 Å². The predicted octanol–water partition coefficient (Wildman–Crippen LogP) is 15.5. The third-order valence-electron chi connectivity index (χ3n) is 13.8. The lowest BCUT2D eigenvalue weighted by molar-refractivity contribution is 0.332. The standard InChI is InChI=1S/C58H45N3/c1-57(2)31-32-58(3,4)49-35-52-47(34-48(49)57)53-41-21-10-8-17-37(41)28-30-51(53)61(52)50-26-14-23-43-44(50)24-13-25-45(43)56-59-54(40-20-12-19-39(33-40)36-15-6-5-7-16-36)46-29-27-38-18-9-11-22-42(38)55(46)60-56/h5-30,33-35H,31-32H2,1-4H3. The number of rotatable bonds is 4. The van der Waals surface area contributed by atoms with Crippen molar-refractivity contribution in [1.82, 2.24) is 14.5 Å². The van der Waals surface area contributed by atoms with Gasteiger partial charge in [-0.2, -0.15) is 0 Å². The van der Waals surface area contributed by atoms with Gasteiger partial charge in [-0.1, -0.05) is 167 Å². The van der Waals surface area contributed by atoms with E-state index >= 15 is 0 Å². The zero-order valence-corrected chi connectivity index (χ0v) is 35.0. The molecule has 61 heavy (non-hydrogen) atoms. The van der Waals surface area contributed by atoms with Gasteiger partial charge >= 0.3 is 0 Å². The predicted molar refractivity (Wildman–Crippen MR) is 258 cm³/mol. The van der Waals surface area contributed by atoms with Crippen LogP contribution in [-0.4, -0.2) is 14.5 Å². The molecule has 11 aromatic rings. The molecule has 0 fully saturated rings. The molecule has 1 aliphatic rings. The monoisotopic (exact) mass is 783 g/mol. The van der Waals surface area contributed by atoms with E-state index < -0.39 is 0 Å². The molecule has 0 unspecified atom stereocenters. The molecule has 3 heteroatoms. The molecule has 3 nitrogen and oxygen atoms in total. The molecule has 0 amide bonds. The highest BCUT2D eigenvalue weighted by Gasteiger charge is 2.38. The van der Waals surface area contributed by atoms with Crippen LogP contribution >= 0.6 is 0 Å². The molecule has 0 aliphatic heterocycles. The molecule has 9 aromatic carbocycles. The van der Waals surface area contributed by atoms with Crippen LogP contribution < -0.4 is 0 Å². The van der Waals surface area contributed by atoms with E-state index in [0.29, 0.717) is 0 Å². The number of aromatic nitrogens is 3. The molecule has 0 N–H and O–H groups in total. The van der Waals surface area contributed by atoms with Gasteiger partial charge < -0.3 is 4.57 Å². The summed E-state index contributed by atoms with van der Waals surface area (Å²) in [5, 5.41) is 10.8. The Morgan fingerprint density at radius 2 is 1.05 bits per heavy atom. The van der Waals surface area contributed by atoms with Crippen molar-refractivity contribution in [2.24, 2.45) is 0 Å². The summed E-state index contributed by atoms with van der Waals surface area (Å²) in [5.41, 5.74) is 13.1. The highest BCUT2D eigenvalue weighted by atomic mass is 15.0. The first-order valence-electron chi connectivity index (χ1n) is 21.6. The van der Waals surface area contributed by atoms with E-state index in [1.54, 1.807) is 0 Å². The van der Waals surface area contributed by atoms with Crippen LogP contribution in [-0.2, 0) is 10.8 Å². The number of hydrogen-bond donors (Lipinski definition) is 0. The summed E-state index contributed by atoms with van der Waals surface area (Å²) in [7, 11) is 0. The third-order valence-corrected chi connectivity index (χ3v) is 13.8. The van der Waals surface area contributed by atoms with E-state index in [0.717, 1.165) is 61.0 Å². The van der Waals surface area contributed by atoms with Crippen LogP contribution in [0.15, 0.2) is 176 Å². The van der Waals surface area contributed by atoms with E-state index in [2.05, 4.69) is 208 Å². The number of benzene rings is 9. The molecule has 2 heterocycles. The first-order valence-corrected chi connectivity index (χ1v) is 21.6. The van der Waals surface area contributed by atoms with Crippen LogP contribution in [0.4, 0.5) is 0 Å². The SMILES string of the molecule is CC1(C)CCC(C)(C)c2cc3c(cc21)c1c2ccccc2ccc1n3-c1cccc2c(-c3nc(-c4cccc(-c5ccccc5)c4)c4ccc5ccccc5c4n3)cccc12. The maximum Gasteiger partial charge on any atom is 0.161 e. The van der Waals surface area contributed by atoms with Gasteiger partial charge in [0.15, 0.2) is 5.82 Å². The fourth-order valence-corrected chi connectivity index (χ4v) is 10.5. The van der Waals surface area contributed by atoms with Crippen molar-refractivity contribution in [3.8, 4) is 39.5 Å². The number of fused-ring (bicyclic) bond motifs is 10. The maximum absolute atomic E-state index is 5.52. The number of hydrogen-bond acceptors (Lipinski definition) is 2. The fourth-order valence-electron chi connectivity index (χ4n) is 10.5. The van der Waals surface area contributed by atoms with Crippen molar-refractivity contribution < 1.29 is 0 Å². The van der Waals surface area contributed by atoms with Gasteiger partial charge in [0, 0.05) is 38.1 Å². The Balaban J connectivity index is 1.14. The molecule has 0 saturated carbocycles. The van der Waals surface area contributed by atoms with Gasteiger partial charge in [-0.05, 0) is 104 Å². The lowest BCUT2D eigenvalue weighted by Gasteiger charge is -2.42. The first-order chi connectivity index (χ1) is 29.7. The zero-order chi connectivity index (χ0) is 41.0. The quantitative estimate of drug-likeness (QED) is 0.166. The smallest absolute Gasteiger partial charge is 0.161 e. The summed E-state index contributed by atoms with van der Waals surface area (Å²) in [5.74, 6) is 0.720. The minimum Gasteiger partial charge on any atom is -0.309 e. The molecule has 0 bridgehead atoms. The Kier molecular flexibility index (Phi) is 7.75. The molecule has 1 aliphatic carbocycles. The molecule has 0 atom stereocenters. The van der Waals surface area contributed by atoms with Crippen LogP contribution in [0, 0.1) is 0 Å². The minimum absolute atomic E-state index is 0.0736. The van der Waals surface area contributed by atoms with E-state index in [4.69, 9.17) is 9.97 Å². The second-order valence-electron chi connectivity index (χ2n) is 18.4. The summed E-state index contributed by atoms with van der Waals surface area (Å²) in [6.07, 6.45) is 2.34. The van der Waals surface area contributed by atoms with E-state index in [-0.39, 0.29) is 10.8 Å². The molecule has 292 valence electrons. The third kappa shape index (κ3) is 5.50. The normalized spacial score (nSPS) is 14.7. The highest BCUT2D eigenvalue weighted by Crippen LogP contribution is 2.50. The summed E-state index contributed by atoms with van der Waals surface area (Å²) >= 11 is 0. The average Bonchev–Trinajstić information content (AvgIpc) is 3.63. The van der Waals surface area contributed by atoms with Crippen molar-refractivity contribution in [3.05, 3.63) is 187 Å². The van der Waals surface area contributed by atoms with Gasteiger partial charge in [0.1, 0.15) is 0 Å². The van der Waals surface area contributed by atoms with Gasteiger partial charge in [0.25, 0.3) is 0 Å². The van der Waals surface area contributed by atoms with Gasteiger partial charge in [-0.15, -0.1) is 0 Å². The van der Waals surface area contributed by atoms with Gasteiger partial charge in [-0.3, -0.25) is 0 Å². The first kappa shape index (κ1) is 35.8. The fraction of sp³-hybridized carbons (Fsp3) is 0.138. The van der Waals surface area contributed by atoms with Gasteiger partial charge in [-0.25, -0.2) is 9.97 Å². The van der Waals surface area contributed by atoms with Crippen molar-refractivity contribution in [1.29, 1.82) is 0 Å². The zero-order valence-electron chi connectivity index (χ0n) is 35.0. The average molecular weight is 784 g/mol. The Bertz CT molecular complexity index is 3590. The van der Waals surface area contributed by atoms with E-state index in [9.17, 15) is 0 Å². The molecular formula is C58H45N3. The largest absolute Gasteiger partial charge is 0.309 e. The minimum atomic E-state index is 0.0736. The van der Waals surface area contributed by atoms with Crippen molar-refractivity contribution >= 4 is 65.0 Å². The van der Waals surface area contributed by atoms with Crippen molar-refractivity contribution in [2.45, 2.75) is 51.4 Å². The maximum atomic E-state index is 5.52.